The zero-order valence-corrected chi connectivity index (χ0v) is 25.7. The van der Waals surface area contributed by atoms with Crippen molar-refractivity contribution < 1.29 is 38.2 Å². The van der Waals surface area contributed by atoms with Crippen molar-refractivity contribution in [3.63, 3.8) is 0 Å². The second-order valence-corrected chi connectivity index (χ2v) is 12.2. The van der Waals surface area contributed by atoms with E-state index in [1.807, 2.05) is 0 Å². The largest absolute Gasteiger partial charge is 0.392 e. The van der Waals surface area contributed by atoms with Crippen molar-refractivity contribution in [1.82, 2.24) is 20.6 Å². The molecule has 2 atom stereocenters. The molecule has 246 valence electrons. The predicted octanol–water partition coefficient (Wildman–Crippen LogP) is 4.68. The normalized spacial score (nSPS) is 21.8. The van der Waals surface area contributed by atoms with Gasteiger partial charge in [0.25, 0.3) is 5.91 Å². The molecule has 4 aromatic rings. The molecule has 1 aliphatic heterocycles. The van der Waals surface area contributed by atoms with E-state index in [9.17, 15) is 29.4 Å². The topological polar surface area (TPSA) is 159 Å². The van der Waals surface area contributed by atoms with Crippen LogP contribution in [0.5, 0.6) is 0 Å². The maximum absolute atomic E-state index is 16.7. The highest BCUT2D eigenvalue weighted by molar-refractivity contribution is 6.07. The van der Waals surface area contributed by atoms with Crippen molar-refractivity contribution in [3.8, 4) is 22.3 Å². The maximum Gasteiger partial charge on any atom is 0.322 e. The molecule has 2 fully saturated rings. The molecule has 2 aromatic carbocycles. The van der Waals surface area contributed by atoms with Crippen molar-refractivity contribution in [2.24, 2.45) is 5.41 Å². The molecule has 2 aliphatic rings. The van der Waals surface area contributed by atoms with Crippen LogP contribution < -0.4 is 10.6 Å². The van der Waals surface area contributed by atoms with Gasteiger partial charge in [0.2, 0.25) is 0 Å². The minimum Gasteiger partial charge on any atom is -0.392 e. The van der Waals surface area contributed by atoms with Gasteiger partial charge in [-0.25, -0.2) is 13.6 Å². The van der Waals surface area contributed by atoms with Crippen LogP contribution in [0.2, 0.25) is 0 Å². The Hall–Kier alpha value is -5.20. The summed E-state index contributed by atoms with van der Waals surface area (Å²) in [5.74, 6) is -2.67. The second kappa shape index (κ2) is 13.1. The second-order valence-electron chi connectivity index (χ2n) is 12.2. The van der Waals surface area contributed by atoms with E-state index >= 15 is 8.78 Å². The molecule has 6 rings (SSSR count). The smallest absolute Gasteiger partial charge is 0.322 e. The van der Waals surface area contributed by atoms with Crippen LogP contribution in [0.25, 0.3) is 22.3 Å². The first-order valence-corrected chi connectivity index (χ1v) is 15.4. The number of aliphatic hydroxyl groups is 2. The standard InChI is InChI=1S/C36H32F2N4O6/c37-31(29(45)23-5-1-21(2-6-23)27-17-39-15-9-25(27)19-43)35(11-13-36(14-12-35)33(47)41-34(48)42-36)32(38)30(46)24-7-3-22(4-8-24)28-18-40-16-10-26(28)20-44/h1-10,15-18,31-32,43-44H,11-14,19-20H2,(H2,41,42,47,48). The van der Waals surface area contributed by atoms with E-state index in [1.165, 1.54) is 36.7 Å². The van der Waals surface area contributed by atoms with Crippen molar-refractivity contribution in [2.75, 3.05) is 0 Å². The lowest BCUT2D eigenvalue weighted by molar-refractivity contribution is -0.127. The number of benzene rings is 2. The molecule has 2 aromatic heterocycles. The molecule has 2 unspecified atom stereocenters. The minimum atomic E-state index is -2.46. The number of carbonyl (C=O) groups is 4. The van der Waals surface area contributed by atoms with Gasteiger partial charge in [0.05, 0.1) is 13.2 Å². The van der Waals surface area contributed by atoms with Gasteiger partial charge in [0, 0.05) is 52.5 Å². The van der Waals surface area contributed by atoms with Gasteiger partial charge in [-0.1, -0.05) is 48.5 Å². The molecule has 0 bridgehead atoms. The fraction of sp³-hybridized carbons (Fsp3) is 0.278. The number of urea groups is 1. The number of hydrogen-bond acceptors (Lipinski definition) is 8. The third-order valence-electron chi connectivity index (χ3n) is 9.64. The molecule has 1 aliphatic carbocycles. The van der Waals surface area contributed by atoms with Crippen LogP contribution in [0.15, 0.2) is 85.5 Å². The summed E-state index contributed by atoms with van der Waals surface area (Å²) in [6.45, 7) is -0.481. The average molecular weight is 655 g/mol. The van der Waals surface area contributed by atoms with E-state index in [0.29, 0.717) is 33.4 Å². The summed E-state index contributed by atoms with van der Waals surface area (Å²) in [6, 6.07) is 14.4. The molecule has 48 heavy (non-hydrogen) atoms. The fourth-order valence-electron chi connectivity index (χ4n) is 6.74. The SMILES string of the molecule is O=C1NC(=O)C2(CCC(C(F)C(=O)c3ccc(-c4cnccc4CO)cc3)(C(F)C(=O)c3ccc(-c4cnccc4CO)cc3)CC2)N1. The first-order valence-electron chi connectivity index (χ1n) is 15.4. The summed E-state index contributed by atoms with van der Waals surface area (Å²) in [5.41, 5.74) is 0.0735. The molecule has 3 heterocycles. The molecule has 1 saturated carbocycles. The number of ketones is 2. The number of nitrogens with one attached hydrogen (secondary N) is 2. The molecular formula is C36H32F2N4O6. The number of nitrogens with zero attached hydrogens (tertiary/aromatic N) is 2. The first kappa shape index (κ1) is 32.7. The molecule has 12 heteroatoms. The van der Waals surface area contributed by atoms with Gasteiger partial charge >= 0.3 is 6.03 Å². The van der Waals surface area contributed by atoms with E-state index in [4.69, 9.17) is 0 Å². The molecule has 1 spiro atoms. The predicted molar refractivity (Wildman–Crippen MR) is 170 cm³/mol. The summed E-state index contributed by atoms with van der Waals surface area (Å²) >= 11 is 0. The number of aromatic nitrogens is 2. The number of aliphatic hydroxyl groups excluding tert-OH is 2. The van der Waals surface area contributed by atoms with Crippen LogP contribution in [0, 0.1) is 5.41 Å². The van der Waals surface area contributed by atoms with Crippen LogP contribution in [0.4, 0.5) is 13.6 Å². The Morgan fingerprint density at radius 1 is 0.708 bits per heavy atom. The quantitative estimate of drug-likeness (QED) is 0.142. The lowest BCUT2D eigenvalue weighted by Crippen LogP contribution is -2.57. The number of alkyl halides is 2. The molecular weight excluding hydrogens is 622 g/mol. The highest BCUT2D eigenvalue weighted by Crippen LogP contribution is 2.50. The van der Waals surface area contributed by atoms with E-state index in [1.54, 1.807) is 48.8 Å². The number of hydrogen-bond donors (Lipinski definition) is 4. The summed E-state index contributed by atoms with van der Waals surface area (Å²) in [7, 11) is 0. The van der Waals surface area contributed by atoms with Crippen molar-refractivity contribution in [3.05, 3.63) is 108 Å². The van der Waals surface area contributed by atoms with Crippen LogP contribution in [0.1, 0.15) is 57.5 Å². The van der Waals surface area contributed by atoms with Crippen molar-refractivity contribution in [1.29, 1.82) is 0 Å². The highest BCUT2D eigenvalue weighted by Gasteiger charge is 2.60. The Morgan fingerprint density at radius 3 is 1.52 bits per heavy atom. The summed E-state index contributed by atoms with van der Waals surface area (Å²) in [5, 5.41) is 24.1. The van der Waals surface area contributed by atoms with Gasteiger partial charge in [0.1, 0.15) is 5.54 Å². The summed E-state index contributed by atoms with van der Waals surface area (Å²) in [4.78, 5) is 60.1. The number of carbonyl (C=O) groups excluding carboxylic acids is 4. The number of halogens is 2. The van der Waals surface area contributed by atoms with Crippen molar-refractivity contribution in [2.45, 2.75) is 56.8 Å². The Bertz CT molecular complexity index is 1760. The summed E-state index contributed by atoms with van der Waals surface area (Å²) < 4.78 is 33.4. The van der Waals surface area contributed by atoms with Gasteiger partial charge < -0.3 is 15.5 Å². The Labute approximate surface area is 274 Å². The van der Waals surface area contributed by atoms with Gasteiger partial charge in [0.15, 0.2) is 23.9 Å². The number of imide groups is 1. The summed E-state index contributed by atoms with van der Waals surface area (Å²) in [6.07, 6.45) is 0.139. The van der Waals surface area contributed by atoms with E-state index < -0.39 is 46.8 Å². The molecule has 10 nitrogen and oxygen atoms in total. The van der Waals surface area contributed by atoms with Crippen LogP contribution in [-0.4, -0.2) is 61.6 Å². The highest BCUT2D eigenvalue weighted by atomic mass is 19.1. The Balaban J connectivity index is 1.30. The lowest BCUT2D eigenvalue weighted by atomic mass is 9.60. The van der Waals surface area contributed by atoms with Gasteiger partial charge in [-0.3, -0.25) is 29.7 Å². The third kappa shape index (κ3) is 5.77. The Morgan fingerprint density at radius 2 is 1.15 bits per heavy atom. The zero-order valence-electron chi connectivity index (χ0n) is 25.7. The monoisotopic (exact) mass is 654 g/mol. The van der Waals surface area contributed by atoms with Crippen LogP contribution in [0.3, 0.4) is 0 Å². The number of pyridine rings is 2. The van der Waals surface area contributed by atoms with E-state index in [0.717, 1.165) is 0 Å². The van der Waals surface area contributed by atoms with Crippen LogP contribution >= 0.6 is 0 Å². The number of rotatable bonds is 10. The lowest BCUT2D eigenvalue weighted by Gasteiger charge is -2.45. The van der Waals surface area contributed by atoms with Gasteiger partial charge in [-0.05, 0) is 60.1 Å². The van der Waals surface area contributed by atoms with Gasteiger partial charge in [-0.15, -0.1) is 0 Å². The molecule has 0 radical (unpaired) electrons. The van der Waals surface area contributed by atoms with Crippen molar-refractivity contribution >= 4 is 23.5 Å². The average Bonchev–Trinajstić information content (AvgIpc) is 3.42. The maximum atomic E-state index is 16.7. The van der Waals surface area contributed by atoms with Crippen LogP contribution in [-0.2, 0) is 18.0 Å². The van der Waals surface area contributed by atoms with Gasteiger partial charge in [-0.2, -0.15) is 0 Å². The number of Topliss-reactive ketones (excluding diaryl/α,β-unsaturated/α-hetero) is 2. The molecule has 3 amide bonds. The minimum absolute atomic E-state index is 0.0487. The third-order valence-corrected chi connectivity index (χ3v) is 9.64. The zero-order chi connectivity index (χ0) is 34.1. The number of amides is 3. The van der Waals surface area contributed by atoms with E-state index in [2.05, 4.69) is 20.6 Å². The van der Waals surface area contributed by atoms with E-state index in [-0.39, 0.29) is 50.0 Å². The molecule has 4 N–H and O–H groups in total. The first-order chi connectivity index (χ1) is 23.1. The fourth-order valence-corrected chi connectivity index (χ4v) is 6.74. The molecule has 1 saturated heterocycles. The Kier molecular flexibility index (Phi) is 8.95.